The average Bonchev–Trinajstić information content (AvgIpc) is 2.72. The zero-order valence-corrected chi connectivity index (χ0v) is 10.3. The van der Waals surface area contributed by atoms with E-state index < -0.39 is 23.4 Å². The monoisotopic (exact) mass is 267 g/mol. The van der Waals surface area contributed by atoms with Crippen LogP contribution in [-0.2, 0) is 0 Å². The van der Waals surface area contributed by atoms with E-state index in [4.69, 9.17) is 5.11 Å². The number of hydrogen-bond donors (Lipinski definition) is 1. The third-order valence-electron chi connectivity index (χ3n) is 2.43. The SMILES string of the molecule is CC(C)c1nc(C(=O)O)nn1-c1cc(F)cc(F)c1. The van der Waals surface area contributed by atoms with Crippen molar-refractivity contribution in [2.45, 2.75) is 19.8 Å². The molecule has 0 atom stereocenters. The second kappa shape index (κ2) is 4.75. The van der Waals surface area contributed by atoms with Gasteiger partial charge in [0, 0.05) is 12.0 Å². The molecule has 1 aromatic heterocycles. The van der Waals surface area contributed by atoms with Gasteiger partial charge in [0.15, 0.2) is 0 Å². The zero-order chi connectivity index (χ0) is 14.2. The molecule has 0 aliphatic carbocycles. The van der Waals surface area contributed by atoms with Gasteiger partial charge in [0.2, 0.25) is 0 Å². The standard InChI is InChI=1S/C12H11F2N3O2/c1-6(2)11-15-10(12(18)19)16-17(11)9-4-7(13)3-8(14)5-9/h3-6H,1-2H3,(H,18,19). The lowest BCUT2D eigenvalue weighted by atomic mass is 10.2. The van der Waals surface area contributed by atoms with Crippen molar-refractivity contribution in [1.82, 2.24) is 14.8 Å². The van der Waals surface area contributed by atoms with Gasteiger partial charge >= 0.3 is 5.97 Å². The third kappa shape index (κ3) is 2.59. The number of halogens is 2. The maximum absolute atomic E-state index is 13.2. The summed E-state index contributed by atoms with van der Waals surface area (Å²) >= 11 is 0. The number of carboxylic acids is 1. The van der Waals surface area contributed by atoms with E-state index in [1.807, 2.05) is 0 Å². The van der Waals surface area contributed by atoms with Crippen LogP contribution < -0.4 is 0 Å². The zero-order valence-electron chi connectivity index (χ0n) is 10.3. The molecule has 2 aromatic rings. The molecule has 5 nitrogen and oxygen atoms in total. The van der Waals surface area contributed by atoms with Crippen LogP contribution in [0, 0.1) is 11.6 Å². The number of aromatic nitrogens is 3. The van der Waals surface area contributed by atoms with Crippen molar-refractivity contribution in [3.63, 3.8) is 0 Å². The summed E-state index contributed by atoms with van der Waals surface area (Å²) in [7, 11) is 0. The molecule has 0 saturated heterocycles. The van der Waals surface area contributed by atoms with E-state index >= 15 is 0 Å². The highest BCUT2D eigenvalue weighted by Gasteiger charge is 2.19. The maximum Gasteiger partial charge on any atom is 0.375 e. The smallest absolute Gasteiger partial charge is 0.375 e. The quantitative estimate of drug-likeness (QED) is 0.927. The summed E-state index contributed by atoms with van der Waals surface area (Å²) in [5, 5.41) is 12.6. The van der Waals surface area contributed by atoms with E-state index in [1.165, 1.54) is 0 Å². The third-order valence-corrected chi connectivity index (χ3v) is 2.43. The van der Waals surface area contributed by atoms with Crippen LogP contribution in [0.1, 0.15) is 36.2 Å². The topological polar surface area (TPSA) is 68.0 Å². The normalized spacial score (nSPS) is 11.0. The van der Waals surface area contributed by atoms with Crippen LogP contribution in [0.4, 0.5) is 8.78 Å². The summed E-state index contributed by atoms with van der Waals surface area (Å²) < 4.78 is 27.5. The van der Waals surface area contributed by atoms with Crippen molar-refractivity contribution >= 4 is 5.97 Å². The Morgan fingerprint density at radius 3 is 2.32 bits per heavy atom. The second-order valence-corrected chi connectivity index (χ2v) is 4.29. The molecule has 0 radical (unpaired) electrons. The Labute approximate surface area is 107 Å². The first-order valence-corrected chi connectivity index (χ1v) is 5.55. The Morgan fingerprint density at radius 1 is 1.26 bits per heavy atom. The molecule has 0 unspecified atom stereocenters. The van der Waals surface area contributed by atoms with Gasteiger partial charge in [-0.05, 0) is 12.1 Å². The van der Waals surface area contributed by atoms with E-state index in [9.17, 15) is 13.6 Å². The molecule has 0 saturated carbocycles. The Bertz CT molecular complexity index is 618. The Kier molecular flexibility index (Phi) is 3.28. The lowest BCUT2D eigenvalue weighted by molar-refractivity contribution is 0.0683. The number of carbonyl (C=O) groups is 1. The lowest BCUT2D eigenvalue weighted by Crippen LogP contribution is -2.06. The molecule has 1 heterocycles. The Hall–Kier alpha value is -2.31. The lowest BCUT2D eigenvalue weighted by Gasteiger charge is -2.08. The summed E-state index contributed by atoms with van der Waals surface area (Å²) in [4.78, 5) is 14.7. The Morgan fingerprint density at radius 2 is 1.84 bits per heavy atom. The number of benzene rings is 1. The van der Waals surface area contributed by atoms with Gasteiger partial charge in [-0.3, -0.25) is 0 Å². The van der Waals surface area contributed by atoms with E-state index in [2.05, 4.69) is 10.1 Å². The van der Waals surface area contributed by atoms with Crippen molar-refractivity contribution in [2.75, 3.05) is 0 Å². The fourth-order valence-corrected chi connectivity index (χ4v) is 1.64. The predicted octanol–water partition coefficient (Wildman–Crippen LogP) is 2.37. The molecule has 0 amide bonds. The van der Waals surface area contributed by atoms with Crippen LogP contribution in [0.3, 0.4) is 0 Å². The Balaban J connectivity index is 2.62. The fourth-order valence-electron chi connectivity index (χ4n) is 1.64. The minimum Gasteiger partial charge on any atom is -0.475 e. The highest BCUT2D eigenvalue weighted by molar-refractivity contribution is 5.83. The molecule has 0 bridgehead atoms. The van der Waals surface area contributed by atoms with Crippen molar-refractivity contribution in [1.29, 1.82) is 0 Å². The van der Waals surface area contributed by atoms with Crippen LogP contribution in [-0.4, -0.2) is 25.8 Å². The van der Waals surface area contributed by atoms with Crippen molar-refractivity contribution in [3.05, 3.63) is 41.5 Å². The first kappa shape index (κ1) is 13.1. The minimum absolute atomic E-state index is 0.0983. The van der Waals surface area contributed by atoms with E-state index in [1.54, 1.807) is 13.8 Å². The number of rotatable bonds is 3. The van der Waals surface area contributed by atoms with Gasteiger partial charge in [-0.25, -0.2) is 23.2 Å². The van der Waals surface area contributed by atoms with Gasteiger partial charge in [-0.15, -0.1) is 5.10 Å². The van der Waals surface area contributed by atoms with Gasteiger partial charge in [0.1, 0.15) is 17.5 Å². The van der Waals surface area contributed by atoms with Crippen molar-refractivity contribution in [3.8, 4) is 5.69 Å². The molecule has 0 spiro atoms. The first-order chi connectivity index (χ1) is 8.88. The number of carboxylic acid groups (broad SMARTS) is 1. The summed E-state index contributed by atoms with van der Waals surface area (Å²) in [6.07, 6.45) is 0. The van der Waals surface area contributed by atoms with Crippen LogP contribution in [0.2, 0.25) is 0 Å². The molecular formula is C12H11F2N3O2. The van der Waals surface area contributed by atoms with E-state index in [-0.39, 0.29) is 11.6 Å². The molecule has 0 aliphatic rings. The van der Waals surface area contributed by atoms with Crippen LogP contribution in [0.25, 0.3) is 5.69 Å². The summed E-state index contributed by atoms with van der Waals surface area (Å²) in [6, 6.07) is 2.86. The van der Waals surface area contributed by atoms with Crippen LogP contribution >= 0.6 is 0 Å². The first-order valence-electron chi connectivity index (χ1n) is 5.55. The second-order valence-electron chi connectivity index (χ2n) is 4.29. The van der Waals surface area contributed by atoms with Gasteiger partial charge in [0.05, 0.1) is 5.69 Å². The van der Waals surface area contributed by atoms with Gasteiger partial charge in [-0.1, -0.05) is 13.8 Å². The summed E-state index contributed by atoms with van der Waals surface area (Å²) in [5.41, 5.74) is 0.0983. The van der Waals surface area contributed by atoms with E-state index in [0.29, 0.717) is 5.82 Å². The predicted molar refractivity (Wildman–Crippen MR) is 62.3 cm³/mol. The van der Waals surface area contributed by atoms with Crippen LogP contribution in [0.15, 0.2) is 18.2 Å². The molecule has 1 aromatic carbocycles. The van der Waals surface area contributed by atoms with Crippen molar-refractivity contribution in [2.24, 2.45) is 0 Å². The fraction of sp³-hybridized carbons (Fsp3) is 0.250. The number of aromatic carboxylic acids is 1. The largest absolute Gasteiger partial charge is 0.475 e. The van der Waals surface area contributed by atoms with Crippen molar-refractivity contribution < 1.29 is 18.7 Å². The molecule has 0 fully saturated rings. The molecule has 19 heavy (non-hydrogen) atoms. The molecule has 7 heteroatoms. The average molecular weight is 267 g/mol. The van der Waals surface area contributed by atoms with Gasteiger partial charge in [-0.2, -0.15) is 0 Å². The molecule has 0 aliphatic heterocycles. The van der Waals surface area contributed by atoms with E-state index in [0.717, 1.165) is 22.9 Å². The van der Waals surface area contributed by atoms with Gasteiger partial charge < -0.3 is 5.11 Å². The minimum atomic E-state index is -1.29. The van der Waals surface area contributed by atoms with Crippen LogP contribution in [0.5, 0.6) is 0 Å². The highest BCUT2D eigenvalue weighted by Crippen LogP contribution is 2.19. The number of hydrogen-bond acceptors (Lipinski definition) is 3. The van der Waals surface area contributed by atoms with Gasteiger partial charge in [0.25, 0.3) is 5.82 Å². The number of nitrogens with zero attached hydrogens (tertiary/aromatic N) is 3. The molecule has 100 valence electrons. The summed E-state index contributed by atoms with van der Waals surface area (Å²) in [6.45, 7) is 3.56. The molecular weight excluding hydrogens is 256 g/mol. The molecule has 1 N–H and O–H groups in total. The maximum atomic E-state index is 13.2. The highest BCUT2D eigenvalue weighted by atomic mass is 19.1. The summed E-state index contributed by atoms with van der Waals surface area (Å²) in [5.74, 6) is -3.06. The molecule has 2 rings (SSSR count).